The van der Waals surface area contributed by atoms with Crippen molar-refractivity contribution < 1.29 is 13.9 Å². The SMILES string of the molecule is N#Cc1cccc(OC2CC3CCC(C2)N3C(=O)c2ccc(CSc3nc4ccccc4o3)cc2)c1. The maximum Gasteiger partial charge on any atom is 0.257 e. The van der Waals surface area contributed by atoms with E-state index in [9.17, 15) is 4.79 Å². The Morgan fingerprint density at radius 2 is 1.83 bits per heavy atom. The summed E-state index contributed by atoms with van der Waals surface area (Å²) in [4.78, 5) is 20.0. The Hall–Kier alpha value is -3.76. The van der Waals surface area contributed by atoms with Crippen molar-refractivity contribution in [3.05, 3.63) is 89.5 Å². The molecular weight excluding hydrogens is 470 g/mol. The molecule has 7 heteroatoms. The van der Waals surface area contributed by atoms with E-state index >= 15 is 0 Å². The molecule has 0 aliphatic carbocycles. The van der Waals surface area contributed by atoms with Crippen LogP contribution in [0.15, 0.2) is 82.4 Å². The van der Waals surface area contributed by atoms with Crippen LogP contribution in [-0.4, -0.2) is 34.0 Å². The molecule has 180 valence electrons. The normalized spacial score (nSPS) is 20.9. The van der Waals surface area contributed by atoms with Crippen LogP contribution in [0.25, 0.3) is 11.1 Å². The first kappa shape index (κ1) is 22.7. The smallest absolute Gasteiger partial charge is 0.257 e. The fourth-order valence-corrected chi connectivity index (χ4v) is 6.13. The minimum absolute atomic E-state index is 0.0618. The molecule has 6 rings (SSSR count). The largest absolute Gasteiger partial charge is 0.490 e. The summed E-state index contributed by atoms with van der Waals surface area (Å²) in [6.07, 6.45) is 3.71. The Morgan fingerprint density at radius 3 is 2.58 bits per heavy atom. The maximum absolute atomic E-state index is 13.4. The number of aromatic nitrogens is 1. The molecule has 2 bridgehead atoms. The molecule has 2 saturated heterocycles. The first-order chi connectivity index (χ1) is 17.7. The highest BCUT2D eigenvalue weighted by molar-refractivity contribution is 7.98. The van der Waals surface area contributed by atoms with Gasteiger partial charge in [0.15, 0.2) is 5.58 Å². The topological polar surface area (TPSA) is 79.4 Å². The summed E-state index contributed by atoms with van der Waals surface area (Å²) < 4.78 is 12.0. The molecule has 2 fully saturated rings. The van der Waals surface area contributed by atoms with Crippen molar-refractivity contribution in [1.82, 2.24) is 9.88 Å². The van der Waals surface area contributed by atoms with E-state index in [1.165, 1.54) is 0 Å². The average Bonchev–Trinajstić information content (AvgIpc) is 3.45. The second-order valence-electron chi connectivity index (χ2n) is 9.38. The van der Waals surface area contributed by atoms with Gasteiger partial charge < -0.3 is 14.1 Å². The first-order valence-corrected chi connectivity index (χ1v) is 13.2. The molecule has 6 nitrogen and oxygen atoms in total. The molecule has 3 aromatic carbocycles. The number of amides is 1. The molecule has 1 amide bonds. The van der Waals surface area contributed by atoms with Crippen molar-refractivity contribution in [1.29, 1.82) is 5.26 Å². The number of thioether (sulfide) groups is 1. The van der Waals surface area contributed by atoms with Gasteiger partial charge in [-0.15, -0.1) is 0 Å². The molecule has 0 spiro atoms. The lowest BCUT2D eigenvalue weighted by atomic mass is 9.98. The van der Waals surface area contributed by atoms with Crippen molar-refractivity contribution in [3.63, 3.8) is 0 Å². The van der Waals surface area contributed by atoms with Crippen molar-refractivity contribution in [3.8, 4) is 11.8 Å². The van der Waals surface area contributed by atoms with Gasteiger partial charge in [0, 0.05) is 36.2 Å². The maximum atomic E-state index is 13.4. The number of benzene rings is 3. The highest BCUT2D eigenvalue weighted by Gasteiger charge is 2.44. The van der Waals surface area contributed by atoms with Crippen LogP contribution >= 0.6 is 11.8 Å². The zero-order valence-electron chi connectivity index (χ0n) is 19.7. The quantitative estimate of drug-likeness (QED) is 0.296. The predicted octanol–water partition coefficient (Wildman–Crippen LogP) is 6.21. The summed E-state index contributed by atoms with van der Waals surface area (Å²) in [7, 11) is 0. The lowest BCUT2D eigenvalue weighted by Gasteiger charge is -2.39. The number of ether oxygens (including phenoxy) is 1. The monoisotopic (exact) mass is 495 g/mol. The highest BCUT2D eigenvalue weighted by Crippen LogP contribution is 2.38. The number of rotatable bonds is 6. The van der Waals surface area contributed by atoms with Gasteiger partial charge in [0.1, 0.15) is 17.4 Å². The van der Waals surface area contributed by atoms with Crippen molar-refractivity contribution in [2.45, 2.75) is 54.8 Å². The number of para-hydroxylation sites is 2. The summed E-state index contributed by atoms with van der Waals surface area (Å²) in [6, 6.07) is 25.5. The summed E-state index contributed by atoms with van der Waals surface area (Å²) >= 11 is 1.55. The van der Waals surface area contributed by atoms with E-state index in [2.05, 4.69) is 16.0 Å². The summed E-state index contributed by atoms with van der Waals surface area (Å²) in [5.74, 6) is 1.55. The van der Waals surface area contributed by atoms with E-state index < -0.39 is 0 Å². The van der Waals surface area contributed by atoms with Crippen molar-refractivity contribution >= 4 is 28.8 Å². The number of nitrogens with zero attached hydrogens (tertiary/aromatic N) is 3. The zero-order chi connectivity index (χ0) is 24.5. The number of carbonyl (C=O) groups is 1. The van der Waals surface area contributed by atoms with E-state index in [1.807, 2.05) is 60.7 Å². The van der Waals surface area contributed by atoms with Gasteiger partial charge in [0.25, 0.3) is 11.1 Å². The van der Waals surface area contributed by atoms with Crippen molar-refractivity contribution in [2.75, 3.05) is 0 Å². The number of piperidine rings is 1. The minimum Gasteiger partial charge on any atom is -0.490 e. The van der Waals surface area contributed by atoms with Gasteiger partial charge in [-0.05, 0) is 60.9 Å². The molecule has 2 aliphatic heterocycles. The Labute approximate surface area is 213 Å². The fourth-order valence-electron chi connectivity index (χ4n) is 5.34. The van der Waals surface area contributed by atoms with E-state index in [0.29, 0.717) is 10.8 Å². The molecule has 36 heavy (non-hydrogen) atoms. The Morgan fingerprint density at radius 1 is 1.06 bits per heavy atom. The van der Waals surface area contributed by atoms with Crippen LogP contribution in [0.1, 0.15) is 47.2 Å². The number of hydrogen-bond donors (Lipinski definition) is 0. The predicted molar refractivity (Wildman–Crippen MR) is 138 cm³/mol. The van der Waals surface area contributed by atoms with Gasteiger partial charge in [-0.3, -0.25) is 4.79 Å². The number of fused-ring (bicyclic) bond motifs is 3. The van der Waals surface area contributed by atoms with E-state index in [4.69, 9.17) is 14.4 Å². The number of oxazole rings is 1. The van der Waals surface area contributed by atoms with E-state index in [-0.39, 0.29) is 24.1 Å². The van der Waals surface area contributed by atoms with Gasteiger partial charge in [0.05, 0.1) is 11.6 Å². The third-order valence-electron chi connectivity index (χ3n) is 7.03. The third-order valence-corrected chi connectivity index (χ3v) is 7.93. The van der Waals surface area contributed by atoms with Gasteiger partial charge in [-0.25, -0.2) is 4.98 Å². The highest BCUT2D eigenvalue weighted by atomic mass is 32.2. The average molecular weight is 496 g/mol. The summed E-state index contributed by atoms with van der Waals surface area (Å²) in [5.41, 5.74) is 4.09. The second kappa shape index (κ2) is 9.71. The Kier molecular flexibility index (Phi) is 6.12. The van der Waals surface area contributed by atoms with Crippen LogP contribution in [0.2, 0.25) is 0 Å². The van der Waals surface area contributed by atoms with Crippen molar-refractivity contribution in [2.24, 2.45) is 0 Å². The second-order valence-corrected chi connectivity index (χ2v) is 10.3. The third kappa shape index (κ3) is 4.57. The van der Waals surface area contributed by atoms with Crippen LogP contribution in [0, 0.1) is 11.3 Å². The Balaban J connectivity index is 1.07. The molecule has 1 aromatic heterocycles. The number of carbonyl (C=O) groups excluding carboxylic acids is 1. The first-order valence-electron chi connectivity index (χ1n) is 12.2. The van der Waals surface area contributed by atoms with Crippen LogP contribution in [-0.2, 0) is 5.75 Å². The van der Waals surface area contributed by atoms with Gasteiger partial charge in [-0.1, -0.05) is 42.1 Å². The lowest BCUT2D eigenvalue weighted by molar-refractivity contribution is 0.0359. The molecule has 2 unspecified atom stereocenters. The van der Waals surface area contributed by atoms with Crippen LogP contribution in [0.4, 0.5) is 0 Å². The fraction of sp³-hybridized carbons (Fsp3) is 0.276. The van der Waals surface area contributed by atoms with E-state index in [0.717, 1.165) is 59.4 Å². The standard InChI is InChI=1S/C29H25N3O3S/c30-17-20-4-3-5-24(14-20)34-25-15-22-12-13-23(16-25)32(22)28(33)21-10-8-19(9-11-21)18-36-29-31-26-6-1-2-7-27(26)35-29/h1-11,14,22-23,25H,12-13,15-16,18H2. The lowest BCUT2D eigenvalue weighted by Crippen LogP contribution is -2.49. The summed E-state index contributed by atoms with van der Waals surface area (Å²) in [6.45, 7) is 0. The van der Waals surface area contributed by atoms with Crippen LogP contribution < -0.4 is 4.74 Å². The van der Waals surface area contributed by atoms with Crippen LogP contribution in [0.3, 0.4) is 0 Å². The molecule has 2 atom stereocenters. The van der Waals surface area contributed by atoms with Gasteiger partial charge >= 0.3 is 0 Å². The van der Waals surface area contributed by atoms with E-state index in [1.54, 1.807) is 23.9 Å². The Bertz CT molecular complexity index is 1400. The number of hydrogen-bond acceptors (Lipinski definition) is 6. The van der Waals surface area contributed by atoms with Crippen LogP contribution in [0.5, 0.6) is 5.75 Å². The molecule has 2 aliphatic rings. The minimum atomic E-state index is 0.0618. The number of nitriles is 1. The molecule has 0 radical (unpaired) electrons. The molecule has 4 aromatic rings. The molecular formula is C29H25N3O3S. The van der Waals surface area contributed by atoms with Gasteiger partial charge in [0.2, 0.25) is 0 Å². The summed E-state index contributed by atoms with van der Waals surface area (Å²) in [5, 5.41) is 9.79. The zero-order valence-corrected chi connectivity index (χ0v) is 20.5. The molecule has 3 heterocycles. The van der Waals surface area contributed by atoms with Gasteiger partial charge in [-0.2, -0.15) is 5.26 Å². The molecule has 0 N–H and O–H groups in total. The molecule has 0 saturated carbocycles.